The molecule has 2 atom stereocenters. The minimum Gasteiger partial charge on any atom is -0.493 e. The standard InChI is InChI=1S/C29H29FN2O7/c1-35-25-11-19(12-26(36-2)27(25)37-3)21-14-32(29(34)18-6-9-23-24(10-18)39-16-38-23)15-22(21)28(33)31-13-17-4-7-20(30)8-5-17/h4-12,21-22H,13-16H2,1-3H3,(H,31,33). The molecule has 0 bridgehead atoms. The predicted octanol–water partition coefficient (Wildman–Crippen LogP) is 3.75. The third kappa shape index (κ3) is 5.27. The van der Waals surface area contributed by atoms with E-state index in [1.165, 1.54) is 33.5 Å². The number of methoxy groups -OCH3 is 3. The van der Waals surface area contributed by atoms with Crippen molar-refractivity contribution in [1.29, 1.82) is 0 Å². The topological polar surface area (TPSA) is 95.6 Å². The molecule has 9 nitrogen and oxygen atoms in total. The summed E-state index contributed by atoms with van der Waals surface area (Å²) in [5, 5.41) is 2.95. The van der Waals surface area contributed by atoms with Crippen LogP contribution in [0, 0.1) is 11.7 Å². The molecule has 0 aromatic heterocycles. The number of hydrogen-bond acceptors (Lipinski definition) is 7. The van der Waals surface area contributed by atoms with Gasteiger partial charge in [0.25, 0.3) is 5.91 Å². The van der Waals surface area contributed by atoms with Gasteiger partial charge < -0.3 is 33.9 Å². The predicted molar refractivity (Wildman–Crippen MR) is 139 cm³/mol. The van der Waals surface area contributed by atoms with E-state index in [0.29, 0.717) is 40.9 Å². The Bertz CT molecular complexity index is 1350. The minimum absolute atomic E-state index is 0.107. The fourth-order valence-electron chi connectivity index (χ4n) is 5.02. The molecule has 2 amide bonds. The molecule has 0 spiro atoms. The zero-order valence-electron chi connectivity index (χ0n) is 21.9. The number of hydrogen-bond donors (Lipinski definition) is 1. The summed E-state index contributed by atoms with van der Waals surface area (Å²) in [6.45, 7) is 0.828. The van der Waals surface area contributed by atoms with E-state index < -0.39 is 5.92 Å². The Labute approximate surface area is 225 Å². The average Bonchev–Trinajstić information content (AvgIpc) is 3.63. The van der Waals surface area contributed by atoms with Crippen molar-refractivity contribution in [1.82, 2.24) is 10.2 Å². The second-order valence-corrected chi connectivity index (χ2v) is 9.29. The minimum atomic E-state index is -0.564. The molecule has 0 aliphatic carbocycles. The summed E-state index contributed by atoms with van der Waals surface area (Å²) in [6.07, 6.45) is 0. The first-order valence-corrected chi connectivity index (χ1v) is 12.4. The number of nitrogens with one attached hydrogen (secondary N) is 1. The molecule has 10 heteroatoms. The van der Waals surface area contributed by atoms with Crippen LogP contribution in [0.1, 0.15) is 27.4 Å². The number of ether oxygens (including phenoxy) is 5. The lowest BCUT2D eigenvalue weighted by Gasteiger charge is -2.21. The summed E-state index contributed by atoms with van der Waals surface area (Å²) >= 11 is 0. The van der Waals surface area contributed by atoms with Crippen molar-refractivity contribution in [2.24, 2.45) is 5.92 Å². The summed E-state index contributed by atoms with van der Waals surface area (Å²) in [5.41, 5.74) is 1.98. The first-order chi connectivity index (χ1) is 18.9. The van der Waals surface area contributed by atoms with E-state index in [2.05, 4.69) is 5.32 Å². The van der Waals surface area contributed by atoms with Gasteiger partial charge in [-0.3, -0.25) is 9.59 Å². The highest BCUT2D eigenvalue weighted by molar-refractivity contribution is 5.96. The van der Waals surface area contributed by atoms with Crippen LogP contribution in [-0.4, -0.2) is 57.9 Å². The molecule has 3 aromatic rings. The van der Waals surface area contributed by atoms with Crippen molar-refractivity contribution < 1.29 is 37.7 Å². The second-order valence-electron chi connectivity index (χ2n) is 9.29. The van der Waals surface area contributed by atoms with Crippen LogP contribution in [0.25, 0.3) is 0 Å². The number of carbonyl (C=O) groups excluding carboxylic acids is 2. The fraction of sp³-hybridized carbons (Fsp3) is 0.310. The van der Waals surface area contributed by atoms with Crippen molar-refractivity contribution in [3.63, 3.8) is 0 Å². The number of fused-ring (bicyclic) bond motifs is 1. The van der Waals surface area contributed by atoms with E-state index >= 15 is 0 Å². The van der Waals surface area contributed by atoms with Gasteiger partial charge in [-0.05, 0) is 53.6 Å². The lowest BCUT2D eigenvalue weighted by atomic mass is 9.87. The average molecular weight is 537 g/mol. The largest absolute Gasteiger partial charge is 0.493 e. The van der Waals surface area contributed by atoms with Crippen molar-refractivity contribution >= 4 is 11.8 Å². The molecule has 1 fully saturated rings. The van der Waals surface area contributed by atoms with E-state index in [1.54, 1.807) is 47.4 Å². The van der Waals surface area contributed by atoms with Gasteiger partial charge in [0.1, 0.15) is 5.82 Å². The third-order valence-electron chi connectivity index (χ3n) is 7.06. The van der Waals surface area contributed by atoms with Crippen LogP contribution in [0.5, 0.6) is 28.7 Å². The Morgan fingerprint density at radius 1 is 0.923 bits per heavy atom. The molecule has 3 aromatic carbocycles. The van der Waals surface area contributed by atoms with Crippen LogP contribution < -0.4 is 29.0 Å². The highest BCUT2D eigenvalue weighted by Gasteiger charge is 2.41. The summed E-state index contributed by atoms with van der Waals surface area (Å²) in [6, 6.07) is 14.6. The van der Waals surface area contributed by atoms with Gasteiger partial charge in [0.15, 0.2) is 23.0 Å². The smallest absolute Gasteiger partial charge is 0.254 e. The van der Waals surface area contributed by atoms with E-state index in [9.17, 15) is 14.0 Å². The molecule has 1 saturated heterocycles. The Kier molecular flexibility index (Phi) is 7.44. The van der Waals surface area contributed by atoms with Gasteiger partial charge in [0, 0.05) is 31.1 Å². The Morgan fingerprint density at radius 2 is 1.62 bits per heavy atom. The van der Waals surface area contributed by atoms with E-state index in [4.69, 9.17) is 23.7 Å². The van der Waals surface area contributed by atoms with Gasteiger partial charge in [-0.15, -0.1) is 0 Å². The van der Waals surface area contributed by atoms with Gasteiger partial charge in [0.2, 0.25) is 18.4 Å². The number of nitrogens with zero attached hydrogens (tertiary/aromatic N) is 1. The molecule has 5 rings (SSSR count). The van der Waals surface area contributed by atoms with E-state index in [1.807, 2.05) is 0 Å². The van der Waals surface area contributed by atoms with Crippen LogP contribution in [0.4, 0.5) is 4.39 Å². The van der Waals surface area contributed by atoms with Gasteiger partial charge in [-0.25, -0.2) is 4.39 Å². The van der Waals surface area contributed by atoms with Gasteiger partial charge >= 0.3 is 0 Å². The molecule has 2 unspecified atom stereocenters. The molecular formula is C29H29FN2O7. The van der Waals surface area contributed by atoms with E-state index in [0.717, 1.165) is 11.1 Å². The highest BCUT2D eigenvalue weighted by Crippen LogP contribution is 2.43. The molecule has 0 saturated carbocycles. The number of rotatable bonds is 8. The maximum absolute atomic E-state index is 13.5. The number of likely N-dealkylation sites (tertiary alicyclic amines) is 1. The quantitative estimate of drug-likeness (QED) is 0.469. The van der Waals surface area contributed by atoms with Crippen molar-refractivity contribution in [3.05, 3.63) is 77.1 Å². The van der Waals surface area contributed by atoms with Crippen molar-refractivity contribution in [3.8, 4) is 28.7 Å². The van der Waals surface area contributed by atoms with Gasteiger partial charge in [-0.2, -0.15) is 0 Å². The van der Waals surface area contributed by atoms with Crippen LogP contribution in [0.2, 0.25) is 0 Å². The Morgan fingerprint density at radius 3 is 2.28 bits per heavy atom. The Balaban J connectivity index is 1.44. The number of amides is 2. The summed E-state index contributed by atoms with van der Waals surface area (Å²) in [4.78, 5) is 28.7. The second kappa shape index (κ2) is 11.1. The maximum Gasteiger partial charge on any atom is 0.254 e. The summed E-state index contributed by atoms with van der Waals surface area (Å²) in [5.74, 6) is 0.731. The van der Waals surface area contributed by atoms with Gasteiger partial charge in [-0.1, -0.05) is 12.1 Å². The van der Waals surface area contributed by atoms with E-state index in [-0.39, 0.29) is 43.4 Å². The number of benzene rings is 3. The molecule has 1 N–H and O–H groups in total. The normalized spacial score (nSPS) is 17.6. The van der Waals surface area contributed by atoms with Crippen LogP contribution in [-0.2, 0) is 11.3 Å². The molecule has 0 radical (unpaired) electrons. The first-order valence-electron chi connectivity index (χ1n) is 12.4. The summed E-state index contributed by atoms with van der Waals surface area (Å²) < 4.78 is 40.6. The molecule has 2 aliphatic heterocycles. The monoisotopic (exact) mass is 536 g/mol. The lowest BCUT2D eigenvalue weighted by Crippen LogP contribution is -2.35. The highest BCUT2D eigenvalue weighted by atomic mass is 19.1. The molecule has 204 valence electrons. The summed E-state index contributed by atoms with van der Waals surface area (Å²) in [7, 11) is 4.57. The lowest BCUT2D eigenvalue weighted by molar-refractivity contribution is -0.125. The number of carbonyl (C=O) groups is 2. The molecule has 2 aliphatic rings. The SMILES string of the molecule is COc1cc(C2CN(C(=O)c3ccc4c(c3)OCO4)CC2C(=O)NCc2ccc(F)cc2)cc(OC)c1OC. The van der Waals surface area contributed by atoms with Crippen molar-refractivity contribution in [2.75, 3.05) is 41.2 Å². The van der Waals surface area contributed by atoms with Crippen LogP contribution in [0.15, 0.2) is 54.6 Å². The van der Waals surface area contributed by atoms with Crippen LogP contribution >= 0.6 is 0 Å². The zero-order valence-corrected chi connectivity index (χ0v) is 21.9. The number of halogens is 1. The first kappa shape index (κ1) is 26.1. The van der Waals surface area contributed by atoms with Crippen LogP contribution in [0.3, 0.4) is 0 Å². The molecule has 39 heavy (non-hydrogen) atoms. The molecule has 2 heterocycles. The zero-order chi connectivity index (χ0) is 27.5. The third-order valence-corrected chi connectivity index (χ3v) is 7.06. The maximum atomic E-state index is 13.5. The molecular weight excluding hydrogens is 507 g/mol. The Hall–Kier alpha value is -4.47. The fourth-order valence-corrected chi connectivity index (χ4v) is 5.02. The van der Waals surface area contributed by atoms with Gasteiger partial charge in [0.05, 0.1) is 27.2 Å². The van der Waals surface area contributed by atoms with Crippen molar-refractivity contribution in [2.45, 2.75) is 12.5 Å².